The van der Waals surface area contributed by atoms with E-state index in [4.69, 9.17) is 0 Å². The molecule has 0 bridgehead atoms. The molecule has 1 aromatic heterocycles. The third kappa shape index (κ3) is 1.73. The highest BCUT2D eigenvalue weighted by molar-refractivity contribution is 6.88. The topological polar surface area (TPSA) is 17.0 Å². The molecule has 0 spiro atoms. The molecule has 1 aliphatic carbocycles. The molecule has 20 heavy (non-hydrogen) atoms. The molecule has 0 amide bonds. The molecule has 2 nitrogen and oxygen atoms in total. The van der Waals surface area contributed by atoms with E-state index in [9.17, 15) is 0 Å². The second-order valence-corrected chi connectivity index (χ2v) is 12.5. The summed E-state index contributed by atoms with van der Waals surface area (Å²) in [6, 6.07) is 7.91. The van der Waals surface area contributed by atoms with Gasteiger partial charge in [0.1, 0.15) is 0 Å². The van der Waals surface area contributed by atoms with Gasteiger partial charge in [0.05, 0.1) is 8.07 Å². The third-order valence-corrected chi connectivity index (χ3v) is 7.10. The molecule has 1 aromatic carbocycles. The van der Waals surface area contributed by atoms with Gasteiger partial charge in [0.25, 0.3) is 0 Å². The minimum absolute atomic E-state index is 0.607. The SMILES string of the molecule is C[Si](C)(C)c1ccc2c(c1)c1c3n2CCN[C@H]3CCC1. The average molecular weight is 284 g/mol. The van der Waals surface area contributed by atoms with Crippen molar-refractivity contribution >= 4 is 24.2 Å². The Morgan fingerprint density at radius 2 is 2.10 bits per heavy atom. The fourth-order valence-electron chi connectivity index (χ4n) is 3.98. The van der Waals surface area contributed by atoms with Gasteiger partial charge in [-0.1, -0.05) is 37.0 Å². The molecule has 1 N–H and O–H groups in total. The number of nitrogens with zero attached hydrogens (tertiary/aromatic N) is 1. The molecule has 2 heterocycles. The van der Waals surface area contributed by atoms with Crippen LogP contribution in [0.5, 0.6) is 0 Å². The van der Waals surface area contributed by atoms with Crippen LogP contribution in [-0.4, -0.2) is 19.2 Å². The quantitative estimate of drug-likeness (QED) is 0.796. The zero-order valence-electron chi connectivity index (χ0n) is 12.8. The Morgan fingerprint density at radius 1 is 1.25 bits per heavy atom. The van der Waals surface area contributed by atoms with Gasteiger partial charge in [-0.05, 0) is 30.9 Å². The van der Waals surface area contributed by atoms with Crippen LogP contribution in [0.1, 0.15) is 30.1 Å². The zero-order valence-corrected chi connectivity index (χ0v) is 13.8. The fraction of sp³-hybridized carbons (Fsp3) is 0.529. The smallest absolute Gasteiger partial charge is 0.0776 e. The van der Waals surface area contributed by atoms with Crippen LogP contribution < -0.4 is 10.5 Å². The van der Waals surface area contributed by atoms with Crippen molar-refractivity contribution in [3.05, 3.63) is 29.5 Å². The molecule has 0 saturated carbocycles. The number of aryl methyl sites for hydroxylation is 1. The third-order valence-electron chi connectivity index (χ3n) is 5.05. The van der Waals surface area contributed by atoms with Crippen LogP contribution in [0.4, 0.5) is 0 Å². The Morgan fingerprint density at radius 3 is 2.90 bits per heavy atom. The zero-order chi connectivity index (χ0) is 13.9. The number of benzene rings is 1. The molecular weight excluding hydrogens is 260 g/mol. The Kier molecular flexibility index (Phi) is 2.67. The Balaban J connectivity index is 2.01. The van der Waals surface area contributed by atoms with Gasteiger partial charge in [0, 0.05) is 35.7 Å². The van der Waals surface area contributed by atoms with E-state index in [-0.39, 0.29) is 0 Å². The number of fused-ring (bicyclic) bond motifs is 3. The van der Waals surface area contributed by atoms with Crippen molar-refractivity contribution in [3.63, 3.8) is 0 Å². The summed E-state index contributed by atoms with van der Waals surface area (Å²) in [4.78, 5) is 0. The summed E-state index contributed by atoms with van der Waals surface area (Å²) in [5, 5.41) is 6.86. The molecule has 0 saturated heterocycles. The van der Waals surface area contributed by atoms with E-state index in [1.807, 2.05) is 0 Å². The lowest BCUT2D eigenvalue weighted by atomic mass is 9.91. The van der Waals surface area contributed by atoms with Crippen molar-refractivity contribution in [2.24, 2.45) is 0 Å². The maximum atomic E-state index is 3.71. The van der Waals surface area contributed by atoms with Gasteiger partial charge in [-0.3, -0.25) is 0 Å². The summed E-state index contributed by atoms with van der Waals surface area (Å²) in [6.07, 6.45) is 3.91. The first-order chi connectivity index (χ1) is 9.55. The fourth-order valence-corrected chi connectivity index (χ4v) is 5.14. The Labute approximate surface area is 122 Å². The monoisotopic (exact) mass is 284 g/mol. The average Bonchev–Trinajstić information content (AvgIpc) is 2.75. The van der Waals surface area contributed by atoms with Gasteiger partial charge >= 0.3 is 0 Å². The normalized spacial score (nSPS) is 22.1. The van der Waals surface area contributed by atoms with Crippen LogP contribution in [0.15, 0.2) is 18.2 Å². The molecule has 4 rings (SSSR count). The predicted molar refractivity (Wildman–Crippen MR) is 88.6 cm³/mol. The van der Waals surface area contributed by atoms with Crippen LogP contribution in [0.3, 0.4) is 0 Å². The van der Waals surface area contributed by atoms with E-state index in [1.54, 1.807) is 21.8 Å². The van der Waals surface area contributed by atoms with E-state index in [1.165, 1.54) is 24.8 Å². The lowest BCUT2D eigenvalue weighted by molar-refractivity contribution is 0.384. The van der Waals surface area contributed by atoms with E-state index in [0.29, 0.717) is 6.04 Å². The number of hydrogen-bond acceptors (Lipinski definition) is 1. The van der Waals surface area contributed by atoms with Crippen LogP contribution >= 0.6 is 0 Å². The van der Waals surface area contributed by atoms with Gasteiger partial charge in [-0.15, -0.1) is 0 Å². The molecule has 0 unspecified atom stereocenters. The lowest BCUT2D eigenvalue weighted by Gasteiger charge is -2.31. The second kappa shape index (κ2) is 4.22. The summed E-state index contributed by atoms with van der Waals surface area (Å²) < 4.78 is 2.60. The lowest BCUT2D eigenvalue weighted by Crippen LogP contribution is -2.37. The highest BCUT2D eigenvalue weighted by atomic mass is 28.3. The number of rotatable bonds is 1. The molecule has 2 aromatic rings. The first-order valence-corrected chi connectivity index (χ1v) is 11.4. The number of aromatic nitrogens is 1. The molecule has 106 valence electrons. The van der Waals surface area contributed by atoms with Crippen LogP contribution in [0, 0.1) is 0 Å². The van der Waals surface area contributed by atoms with Crippen molar-refractivity contribution in [2.45, 2.75) is 51.5 Å². The van der Waals surface area contributed by atoms with Crippen molar-refractivity contribution in [2.75, 3.05) is 6.54 Å². The predicted octanol–water partition coefficient (Wildman–Crippen LogP) is 3.17. The highest BCUT2D eigenvalue weighted by Crippen LogP contribution is 2.38. The van der Waals surface area contributed by atoms with E-state index in [2.05, 4.69) is 47.7 Å². The molecular formula is C17H24N2Si. The Bertz CT molecular complexity index is 676. The van der Waals surface area contributed by atoms with Crippen LogP contribution in [0.25, 0.3) is 10.9 Å². The van der Waals surface area contributed by atoms with Gasteiger partial charge in [-0.25, -0.2) is 0 Å². The minimum atomic E-state index is -1.22. The standard InChI is InChI=1S/C17H24N2Si/c1-20(2,3)12-7-8-16-14(11-12)13-5-4-6-15-17(13)19(16)10-9-18-15/h7-8,11,15,18H,4-6,9-10H2,1-3H3/t15-/m0/s1. The first kappa shape index (κ1) is 12.7. The van der Waals surface area contributed by atoms with E-state index in [0.717, 1.165) is 13.1 Å². The summed E-state index contributed by atoms with van der Waals surface area (Å²) in [7, 11) is -1.22. The molecule has 0 fully saturated rings. The largest absolute Gasteiger partial charge is 0.342 e. The first-order valence-electron chi connectivity index (χ1n) is 7.94. The summed E-state index contributed by atoms with van der Waals surface area (Å²) in [6.45, 7) is 9.59. The van der Waals surface area contributed by atoms with Crippen LogP contribution in [-0.2, 0) is 13.0 Å². The number of nitrogens with one attached hydrogen (secondary N) is 1. The van der Waals surface area contributed by atoms with Gasteiger partial charge in [0.15, 0.2) is 0 Å². The maximum Gasteiger partial charge on any atom is 0.0776 e. The highest BCUT2D eigenvalue weighted by Gasteiger charge is 2.30. The van der Waals surface area contributed by atoms with E-state index < -0.39 is 8.07 Å². The minimum Gasteiger partial charge on any atom is -0.342 e. The molecule has 3 heteroatoms. The van der Waals surface area contributed by atoms with Gasteiger partial charge in [-0.2, -0.15) is 0 Å². The molecule has 1 atom stereocenters. The second-order valence-electron chi connectivity index (χ2n) is 7.40. The molecule has 0 radical (unpaired) electrons. The van der Waals surface area contributed by atoms with Gasteiger partial charge < -0.3 is 9.88 Å². The maximum absolute atomic E-state index is 3.71. The van der Waals surface area contributed by atoms with Crippen molar-refractivity contribution in [3.8, 4) is 0 Å². The molecule has 1 aliphatic heterocycles. The summed E-state index contributed by atoms with van der Waals surface area (Å²) in [5.41, 5.74) is 4.72. The number of hydrogen-bond donors (Lipinski definition) is 1. The van der Waals surface area contributed by atoms with Crippen molar-refractivity contribution < 1.29 is 0 Å². The van der Waals surface area contributed by atoms with Crippen molar-refractivity contribution in [1.82, 2.24) is 9.88 Å². The summed E-state index contributed by atoms with van der Waals surface area (Å²) in [5.74, 6) is 0. The summed E-state index contributed by atoms with van der Waals surface area (Å²) >= 11 is 0. The van der Waals surface area contributed by atoms with Gasteiger partial charge in [0.2, 0.25) is 0 Å². The van der Waals surface area contributed by atoms with Crippen molar-refractivity contribution in [1.29, 1.82) is 0 Å². The Hall–Kier alpha value is -1.06. The molecule has 2 aliphatic rings. The van der Waals surface area contributed by atoms with E-state index >= 15 is 0 Å². The van der Waals surface area contributed by atoms with Crippen LogP contribution in [0.2, 0.25) is 19.6 Å².